The van der Waals surface area contributed by atoms with Crippen molar-refractivity contribution in [3.05, 3.63) is 143 Å². The van der Waals surface area contributed by atoms with Gasteiger partial charge in [0, 0.05) is 37.3 Å². The number of aliphatic hydroxyl groups is 2. The molecule has 0 bridgehead atoms. The minimum absolute atomic E-state index is 0.0788. The van der Waals surface area contributed by atoms with Crippen molar-refractivity contribution in [1.29, 1.82) is 0 Å². The summed E-state index contributed by atoms with van der Waals surface area (Å²) in [5.41, 5.74) is 1.72. The Morgan fingerprint density at radius 2 is 1.00 bits per heavy atom. The lowest BCUT2D eigenvalue weighted by atomic mass is 9.91. The van der Waals surface area contributed by atoms with Crippen LogP contribution in [0.3, 0.4) is 0 Å². The summed E-state index contributed by atoms with van der Waals surface area (Å²) in [6.45, 7) is 5.54. The Hall–Kier alpha value is -8.11. The number of hydrogen-bond acceptors (Lipinski definition) is 13. The largest absolute Gasteiger partial charge is 0.471 e. The quantitative estimate of drug-likeness (QED) is 0.180. The van der Waals surface area contributed by atoms with Gasteiger partial charge in [-0.15, -0.1) is 0 Å². The van der Waals surface area contributed by atoms with Crippen molar-refractivity contribution in [2.24, 2.45) is 0 Å². The number of pyridine rings is 2. The second kappa shape index (κ2) is 19.8. The maximum atomic E-state index is 13.2. The number of fused-ring (bicyclic) bond motifs is 2. The molecule has 378 valence electrons. The predicted molar refractivity (Wildman–Crippen MR) is 262 cm³/mol. The number of carbonyl (C=O) groups is 2. The van der Waals surface area contributed by atoms with E-state index in [0.717, 1.165) is 22.5 Å². The van der Waals surface area contributed by atoms with Gasteiger partial charge >= 0.3 is 18.2 Å². The molecule has 0 unspecified atom stereocenters. The molecule has 0 aliphatic carbocycles. The Bertz CT molecular complexity index is 3380. The Labute approximate surface area is 414 Å². The molecule has 0 saturated carbocycles. The highest BCUT2D eigenvalue weighted by Gasteiger charge is 2.45. The highest BCUT2D eigenvalue weighted by molar-refractivity contribution is 5.82. The molecule has 2 aliphatic rings. The molecule has 8 aromatic rings. The molecule has 19 nitrogen and oxygen atoms in total. The maximum Gasteiger partial charge on any atom is 0.471 e. The monoisotopic (exact) mass is 1000 g/mol. The van der Waals surface area contributed by atoms with Crippen LogP contribution in [0.25, 0.3) is 56.0 Å². The summed E-state index contributed by atoms with van der Waals surface area (Å²) >= 11 is 0. The van der Waals surface area contributed by atoms with Crippen LogP contribution in [0.4, 0.5) is 18.0 Å². The molecule has 0 radical (unpaired) electrons. The van der Waals surface area contributed by atoms with Crippen LogP contribution in [-0.4, -0.2) is 130 Å². The molecular formula is C51H51F3N12O7. The first kappa shape index (κ1) is 49.9. The summed E-state index contributed by atoms with van der Waals surface area (Å²) in [6.07, 6.45) is 4.01. The Balaban J connectivity index is 0.000000180. The molecule has 0 atom stereocenters. The molecule has 2 saturated heterocycles. The second-order valence-electron chi connectivity index (χ2n) is 19.2. The molecule has 73 heavy (non-hydrogen) atoms. The molecule has 10 rings (SSSR count). The number of benzene rings is 2. The van der Waals surface area contributed by atoms with E-state index in [1.165, 1.54) is 38.9 Å². The molecule has 6 aromatic heterocycles. The van der Waals surface area contributed by atoms with E-state index in [1.54, 1.807) is 22.0 Å². The number of hydrogen-bond donors (Lipinski definition) is 2. The number of ether oxygens (including phenoxy) is 1. The van der Waals surface area contributed by atoms with E-state index in [-0.39, 0.29) is 50.0 Å². The van der Waals surface area contributed by atoms with Gasteiger partial charge in [-0.1, -0.05) is 60.7 Å². The summed E-state index contributed by atoms with van der Waals surface area (Å²) in [5, 5.41) is 31.3. The van der Waals surface area contributed by atoms with Gasteiger partial charge in [0.1, 0.15) is 29.0 Å². The van der Waals surface area contributed by atoms with Crippen LogP contribution in [0.2, 0.25) is 0 Å². The van der Waals surface area contributed by atoms with E-state index >= 15 is 0 Å². The minimum Gasteiger partial charge on any atom is -0.444 e. The predicted octanol–water partition coefficient (Wildman–Crippen LogP) is 5.97. The van der Waals surface area contributed by atoms with Crippen molar-refractivity contribution in [3.63, 3.8) is 0 Å². The first-order chi connectivity index (χ1) is 34.8. The molecule has 2 fully saturated rings. The van der Waals surface area contributed by atoms with Gasteiger partial charge in [-0.25, -0.2) is 24.1 Å². The SMILES string of the molecule is CC(C)(C)OC(=O)N1CCC(O)(Cn2cnc3c(cnn3-c3ccc(-c4ccccc4)nc3)c2=O)CC1.O=C(N1CCC(O)(Cn2cnc3c(cnn3-c3ccc(-c4ccccc4)nc3)c2=O)CC1)C(F)(F)F. The summed E-state index contributed by atoms with van der Waals surface area (Å²) < 4.78 is 49.1. The van der Waals surface area contributed by atoms with E-state index < -0.39 is 40.5 Å². The van der Waals surface area contributed by atoms with Crippen molar-refractivity contribution >= 4 is 34.1 Å². The van der Waals surface area contributed by atoms with Crippen molar-refractivity contribution in [2.45, 2.75) is 82.5 Å². The summed E-state index contributed by atoms with van der Waals surface area (Å²) in [6, 6.07) is 26.9. The minimum atomic E-state index is -4.96. The average Bonchev–Trinajstić information content (AvgIpc) is 4.02. The Morgan fingerprint density at radius 1 is 0.589 bits per heavy atom. The number of halogens is 3. The fourth-order valence-electron chi connectivity index (χ4n) is 8.77. The van der Waals surface area contributed by atoms with E-state index in [0.29, 0.717) is 58.9 Å². The normalized spacial score (nSPS) is 15.7. The highest BCUT2D eigenvalue weighted by atomic mass is 19.4. The molecule has 8 heterocycles. The lowest BCUT2D eigenvalue weighted by molar-refractivity contribution is -0.188. The van der Waals surface area contributed by atoms with E-state index in [9.17, 15) is 42.6 Å². The summed E-state index contributed by atoms with van der Waals surface area (Å²) in [4.78, 5) is 70.1. The van der Waals surface area contributed by atoms with Gasteiger partial charge in [-0.05, 0) is 70.7 Å². The van der Waals surface area contributed by atoms with Crippen molar-refractivity contribution < 1.29 is 37.7 Å². The summed E-state index contributed by atoms with van der Waals surface area (Å²) in [5.74, 6) is -1.93. The van der Waals surface area contributed by atoms with Crippen LogP contribution in [-0.2, 0) is 22.6 Å². The van der Waals surface area contributed by atoms with E-state index in [1.807, 2.05) is 106 Å². The fourth-order valence-corrected chi connectivity index (χ4v) is 8.77. The third-order valence-electron chi connectivity index (χ3n) is 12.7. The zero-order chi connectivity index (χ0) is 51.7. The number of aromatic nitrogens is 10. The van der Waals surface area contributed by atoms with Gasteiger partial charge in [-0.3, -0.25) is 33.5 Å². The van der Waals surface area contributed by atoms with Gasteiger partial charge in [0.2, 0.25) is 0 Å². The number of piperidine rings is 2. The standard InChI is InChI=1S/C27H30N6O4.C24H21F3N6O3/c1-26(2,3)37-25(35)31-13-11-27(36,12-14-31)17-32-18-29-23-21(24(32)34)16-30-33(23)20-9-10-22(28-15-20)19-7-5-4-6-8-19;25-24(26,27)22(35)31-10-8-23(36,9-11-31)14-32-15-29-20-18(21(32)34)13-30-33(20)17-6-7-19(28-12-17)16-4-2-1-3-5-16/h4-10,15-16,18,36H,11-14,17H2,1-3H3;1-7,12-13,15,36H,8-11,14H2. The molecular weight excluding hydrogens is 950 g/mol. The number of likely N-dealkylation sites (tertiary alicyclic amines) is 2. The second-order valence-corrected chi connectivity index (χ2v) is 19.2. The van der Waals surface area contributed by atoms with Gasteiger partial charge in [0.25, 0.3) is 11.1 Å². The highest BCUT2D eigenvalue weighted by Crippen LogP contribution is 2.29. The van der Waals surface area contributed by atoms with Gasteiger partial charge < -0.3 is 24.7 Å². The van der Waals surface area contributed by atoms with E-state index in [2.05, 4.69) is 30.1 Å². The van der Waals surface area contributed by atoms with Crippen LogP contribution in [0.5, 0.6) is 0 Å². The maximum absolute atomic E-state index is 13.2. The first-order valence-electron chi connectivity index (χ1n) is 23.5. The lowest BCUT2D eigenvalue weighted by Crippen LogP contribution is -2.52. The molecule has 22 heteroatoms. The molecule has 2 aliphatic heterocycles. The topological polar surface area (TPSA) is 222 Å². The smallest absolute Gasteiger partial charge is 0.444 e. The van der Waals surface area contributed by atoms with Crippen LogP contribution >= 0.6 is 0 Å². The van der Waals surface area contributed by atoms with Crippen molar-refractivity contribution in [1.82, 2.24) is 58.4 Å². The van der Waals surface area contributed by atoms with Crippen molar-refractivity contribution in [2.75, 3.05) is 26.2 Å². The fraction of sp³-hybridized carbons (Fsp3) is 0.333. The summed E-state index contributed by atoms with van der Waals surface area (Å²) in [7, 11) is 0. The zero-order valence-corrected chi connectivity index (χ0v) is 40.1. The van der Waals surface area contributed by atoms with Gasteiger partial charge in [0.15, 0.2) is 11.3 Å². The molecule has 2 aromatic carbocycles. The average molecular weight is 1000 g/mol. The third kappa shape index (κ3) is 11.0. The van der Waals surface area contributed by atoms with Crippen molar-refractivity contribution in [3.8, 4) is 33.9 Å². The number of nitrogens with zero attached hydrogens (tertiary/aromatic N) is 12. The number of rotatable bonds is 8. The lowest BCUT2D eigenvalue weighted by Gasteiger charge is -2.38. The Morgan fingerprint density at radius 3 is 1.37 bits per heavy atom. The molecule has 2 amide bonds. The van der Waals surface area contributed by atoms with Gasteiger partial charge in [0.05, 0.1) is 71.8 Å². The molecule has 2 N–H and O–H groups in total. The molecule has 0 spiro atoms. The van der Waals surface area contributed by atoms with Crippen LogP contribution in [0.1, 0.15) is 46.5 Å². The zero-order valence-electron chi connectivity index (χ0n) is 40.1. The number of carbonyl (C=O) groups excluding carboxylic acids is 2. The Kier molecular flexibility index (Phi) is 13.5. The number of alkyl halides is 3. The van der Waals surface area contributed by atoms with Crippen LogP contribution in [0.15, 0.2) is 132 Å². The first-order valence-corrected chi connectivity index (χ1v) is 23.5. The number of amides is 2. The van der Waals surface area contributed by atoms with Gasteiger partial charge in [-0.2, -0.15) is 23.4 Å². The van der Waals surface area contributed by atoms with E-state index in [4.69, 9.17) is 4.74 Å². The third-order valence-corrected chi connectivity index (χ3v) is 12.7. The van der Waals surface area contributed by atoms with Crippen LogP contribution < -0.4 is 11.1 Å². The van der Waals surface area contributed by atoms with Crippen LogP contribution in [0, 0.1) is 0 Å².